The summed E-state index contributed by atoms with van der Waals surface area (Å²) in [5.74, 6) is 1.58. The summed E-state index contributed by atoms with van der Waals surface area (Å²) in [5.41, 5.74) is 7.32. The summed E-state index contributed by atoms with van der Waals surface area (Å²) in [5, 5.41) is 0. The molecule has 2 N–H and O–H groups in total. The van der Waals surface area contributed by atoms with Crippen molar-refractivity contribution in [2.24, 2.45) is 5.73 Å². The summed E-state index contributed by atoms with van der Waals surface area (Å²) in [4.78, 5) is 0. The van der Waals surface area contributed by atoms with Crippen LogP contribution >= 0.6 is 0 Å². The molecule has 0 bridgehead atoms. The Morgan fingerprint density at radius 3 is 2.60 bits per heavy atom. The molecule has 4 heteroatoms. The van der Waals surface area contributed by atoms with Crippen LogP contribution in [0, 0.1) is 6.92 Å². The van der Waals surface area contributed by atoms with E-state index in [1.807, 2.05) is 19.1 Å². The zero-order chi connectivity index (χ0) is 11.1. The van der Waals surface area contributed by atoms with Crippen LogP contribution in [-0.2, 0) is 6.42 Å². The lowest BCUT2D eigenvalue weighted by Gasteiger charge is -2.20. The fraction of sp³-hybridized carbons (Fsp3) is 0.455. The van der Waals surface area contributed by atoms with Gasteiger partial charge in [0.05, 0.1) is 7.85 Å². The maximum absolute atomic E-state index is 5.79. The number of hydrogen-bond donors (Lipinski definition) is 1. The van der Waals surface area contributed by atoms with E-state index >= 15 is 0 Å². The number of benzene rings is 1. The second-order valence-electron chi connectivity index (χ2n) is 4.31. The molecule has 1 atom stereocenters. The Morgan fingerprint density at radius 1 is 1.40 bits per heavy atom. The van der Waals surface area contributed by atoms with Gasteiger partial charge in [-0.05, 0) is 42.0 Å². The predicted molar refractivity (Wildman–Crippen MR) is 59.4 cm³/mol. The van der Waals surface area contributed by atoms with E-state index in [0.29, 0.717) is 13.2 Å². The second kappa shape index (κ2) is 3.45. The van der Waals surface area contributed by atoms with Crippen molar-refractivity contribution in [1.29, 1.82) is 0 Å². The quantitative estimate of drug-likeness (QED) is 0.732. The summed E-state index contributed by atoms with van der Waals surface area (Å²) < 4.78 is 10.6. The highest BCUT2D eigenvalue weighted by Crippen LogP contribution is 2.35. The summed E-state index contributed by atoms with van der Waals surface area (Å²) >= 11 is 0. The molecule has 0 aromatic heterocycles. The molecule has 0 fully saturated rings. The van der Waals surface area contributed by atoms with E-state index in [2.05, 4.69) is 0 Å². The van der Waals surface area contributed by atoms with Crippen LogP contribution < -0.4 is 15.2 Å². The fourth-order valence-corrected chi connectivity index (χ4v) is 1.69. The van der Waals surface area contributed by atoms with Crippen LogP contribution in [0.15, 0.2) is 12.1 Å². The molecule has 2 rings (SSSR count). The van der Waals surface area contributed by atoms with Crippen LogP contribution in [0.2, 0.25) is 0 Å². The number of ether oxygens (including phenoxy) is 2. The predicted octanol–water partition coefficient (Wildman–Crippen LogP) is 1.11. The Hall–Kier alpha value is -1.16. The maximum Gasteiger partial charge on any atom is 0.231 e. The number of rotatable bonds is 2. The van der Waals surface area contributed by atoms with Crippen molar-refractivity contribution >= 4 is 7.85 Å². The van der Waals surface area contributed by atoms with Gasteiger partial charge in [-0.25, -0.2) is 0 Å². The standard InChI is InChI=1S/C11H14BNO2/c1-7-3-9-10(15-6-14-9)4-8(7)5-11(2,12)13/h3-4H,5-6,13H2,1-2H3. The van der Waals surface area contributed by atoms with Gasteiger partial charge in [0, 0.05) is 0 Å². The first-order chi connectivity index (χ1) is 6.96. The van der Waals surface area contributed by atoms with E-state index in [-0.39, 0.29) is 0 Å². The first-order valence-electron chi connectivity index (χ1n) is 4.92. The molecule has 0 spiro atoms. The molecule has 0 saturated carbocycles. The summed E-state index contributed by atoms with van der Waals surface area (Å²) in [6.07, 6.45) is 0.621. The third-order valence-corrected chi connectivity index (χ3v) is 2.40. The van der Waals surface area contributed by atoms with E-state index in [0.717, 1.165) is 22.6 Å². The van der Waals surface area contributed by atoms with E-state index in [9.17, 15) is 0 Å². The normalized spacial score (nSPS) is 17.5. The van der Waals surface area contributed by atoms with Crippen LogP contribution in [0.1, 0.15) is 18.1 Å². The minimum absolute atomic E-state index is 0.292. The van der Waals surface area contributed by atoms with Crippen molar-refractivity contribution in [2.45, 2.75) is 25.7 Å². The Morgan fingerprint density at radius 2 is 2.00 bits per heavy atom. The lowest BCUT2D eigenvalue weighted by Crippen LogP contribution is -2.39. The van der Waals surface area contributed by atoms with Gasteiger partial charge in [-0.1, -0.05) is 6.92 Å². The third-order valence-electron chi connectivity index (χ3n) is 2.40. The Bertz CT molecular complexity index is 385. The smallest absolute Gasteiger partial charge is 0.231 e. The van der Waals surface area contributed by atoms with E-state index in [1.165, 1.54) is 0 Å². The molecule has 1 aromatic rings. The highest BCUT2D eigenvalue weighted by atomic mass is 16.7. The molecule has 0 aliphatic carbocycles. The monoisotopic (exact) mass is 203 g/mol. The number of aryl methyl sites for hydroxylation is 1. The van der Waals surface area contributed by atoms with Crippen LogP contribution in [0.5, 0.6) is 11.5 Å². The molecular weight excluding hydrogens is 189 g/mol. The molecule has 1 heterocycles. The van der Waals surface area contributed by atoms with Gasteiger partial charge in [0.15, 0.2) is 11.5 Å². The second-order valence-corrected chi connectivity index (χ2v) is 4.31. The van der Waals surface area contributed by atoms with Gasteiger partial charge in [0.25, 0.3) is 0 Å². The summed E-state index contributed by atoms with van der Waals surface area (Å²) in [7, 11) is 5.79. The van der Waals surface area contributed by atoms with Crippen molar-refractivity contribution in [3.63, 3.8) is 0 Å². The molecule has 1 aliphatic heterocycles. The minimum Gasteiger partial charge on any atom is -0.454 e. The number of nitrogens with two attached hydrogens (primary N) is 1. The van der Waals surface area contributed by atoms with E-state index in [1.54, 1.807) is 6.92 Å². The molecular formula is C11H14BNO2. The number of fused-ring (bicyclic) bond motifs is 1. The van der Waals surface area contributed by atoms with Gasteiger partial charge >= 0.3 is 0 Å². The van der Waals surface area contributed by atoms with Crippen LogP contribution in [0.25, 0.3) is 0 Å². The van der Waals surface area contributed by atoms with Crippen molar-refractivity contribution in [3.8, 4) is 11.5 Å². The van der Waals surface area contributed by atoms with E-state index in [4.69, 9.17) is 23.1 Å². The fourth-order valence-electron chi connectivity index (χ4n) is 1.69. The molecule has 0 saturated heterocycles. The first-order valence-corrected chi connectivity index (χ1v) is 4.92. The highest BCUT2D eigenvalue weighted by molar-refractivity contribution is 6.15. The molecule has 15 heavy (non-hydrogen) atoms. The molecule has 0 amide bonds. The first kappa shape index (κ1) is 10.4. The van der Waals surface area contributed by atoms with Gasteiger partial charge in [-0.2, -0.15) is 0 Å². The van der Waals surface area contributed by atoms with Crippen molar-refractivity contribution in [1.82, 2.24) is 0 Å². The zero-order valence-electron chi connectivity index (χ0n) is 9.04. The van der Waals surface area contributed by atoms with Crippen molar-refractivity contribution < 1.29 is 9.47 Å². The highest BCUT2D eigenvalue weighted by Gasteiger charge is 2.18. The third kappa shape index (κ3) is 2.26. The Kier molecular flexibility index (Phi) is 2.39. The van der Waals surface area contributed by atoms with Gasteiger partial charge in [-0.3, -0.25) is 0 Å². The average molecular weight is 203 g/mol. The molecule has 78 valence electrons. The Balaban J connectivity index is 2.33. The topological polar surface area (TPSA) is 44.5 Å². The lowest BCUT2D eigenvalue weighted by atomic mass is 9.75. The van der Waals surface area contributed by atoms with E-state index < -0.39 is 5.44 Å². The molecule has 1 unspecified atom stereocenters. The molecule has 2 radical (unpaired) electrons. The lowest BCUT2D eigenvalue weighted by molar-refractivity contribution is 0.174. The van der Waals surface area contributed by atoms with Crippen LogP contribution in [0.3, 0.4) is 0 Å². The largest absolute Gasteiger partial charge is 0.454 e. The molecule has 1 aliphatic rings. The van der Waals surface area contributed by atoms with Crippen molar-refractivity contribution in [2.75, 3.05) is 6.79 Å². The minimum atomic E-state index is -0.696. The van der Waals surface area contributed by atoms with Gasteiger partial charge in [0.1, 0.15) is 0 Å². The molecule has 3 nitrogen and oxygen atoms in total. The average Bonchev–Trinajstić information content (AvgIpc) is 2.49. The van der Waals surface area contributed by atoms with Gasteiger partial charge in [0.2, 0.25) is 6.79 Å². The van der Waals surface area contributed by atoms with Crippen LogP contribution in [0.4, 0.5) is 0 Å². The van der Waals surface area contributed by atoms with Gasteiger partial charge < -0.3 is 15.2 Å². The Labute approximate surface area is 91.0 Å². The van der Waals surface area contributed by atoms with Gasteiger partial charge in [-0.15, -0.1) is 0 Å². The van der Waals surface area contributed by atoms with Crippen LogP contribution in [-0.4, -0.2) is 20.1 Å². The SMILES string of the molecule is [B]C(C)(N)Cc1cc2c(cc1C)OCO2. The summed E-state index contributed by atoms with van der Waals surface area (Å²) in [6.45, 7) is 4.11. The maximum atomic E-state index is 5.79. The number of hydrogen-bond acceptors (Lipinski definition) is 3. The van der Waals surface area contributed by atoms with Crippen molar-refractivity contribution in [3.05, 3.63) is 23.3 Å². The zero-order valence-corrected chi connectivity index (χ0v) is 9.04. The summed E-state index contributed by atoms with van der Waals surface area (Å²) in [6, 6.07) is 3.92. The molecule has 1 aromatic carbocycles.